The fraction of sp³-hybridized carbons (Fsp3) is 0.345. The molecule has 3 aliphatic rings. The highest BCUT2D eigenvalue weighted by atomic mass is 32.2. The molecule has 2 aromatic carbocycles. The van der Waals surface area contributed by atoms with Crippen molar-refractivity contribution in [3.05, 3.63) is 58.8 Å². The predicted octanol–water partition coefficient (Wildman–Crippen LogP) is 3.51. The number of carboxylic acids is 1. The summed E-state index contributed by atoms with van der Waals surface area (Å²) in [7, 11) is 0. The van der Waals surface area contributed by atoms with Crippen LogP contribution in [0, 0.1) is 5.82 Å². The number of nitrogens with zero attached hydrogens (tertiary/aromatic N) is 4. The van der Waals surface area contributed by atoms with Crippen LogP contribution in [0.4, 0.5) is 31.0 Å². The lowest BCUT2D eigenvalue weighted by Gasteiger charge is -2.37. The van der Waals surface area contributed by atoms with E-state index in [0.717, 1.165) is 27.9 Å². The van der Waals surface area contributed by atoms with Gasteiger partial charge in [0.05, 0.1) is 36.0 Å². The third-order valence-corrected chi connectivity index (χ3v) is 8.59. The van der Waals surface area contributed by atoms with Crippen LogP contribution in [-0.4, -0.2) is 96.9 Å². The Morgan fingerprint density at radius 1 is 1.11 bits per heavy atom. The number of thiocarbonyl (C=S) groups is 1. The summed E-state index contributed by atoms with van der Waals surface area (Å²) >= 11 is 6.22. The van der Waals surface area contributed by atoms with Gasteiger partial charge in [-0.15, -0.1) is 0 Å². The highest BCUT2D eigenvalue weighted by Gasteiger charge is 2.34. The second-order valence-electron chi connectivity index (χ2n) is 10.1. The number of alkyl carbamates (subject to hydrolysis) is 1. The van der Waals surface area contributed by atoms with Crippen LogP contribution in [0.3, 0.4) is 0 Å². The average Bonchev–Trinajstić information content (AvgIpc) is 3.50. The van der Waals surface area contributed by atoms with Crippen molar-refractivity contribution in [3.8, 4) is 0 Å². The molecule has 15 heteroatoms. The Labute approximate surface area is 262 Å². The highest BCUT2D eigenvalue weighted by molar-refractivity contribution is 8.26. The molecule has 2 N–H and O–H groups in total. The summed E-state index contributed by atoms with van der Waals surface area (Å²) in [5.41, 5.74) is 2.58. The molecule has 0 unspecified atom stereocenters. The number of piperazine rings is 1. The number of rotatable bonds is 9. The van der Waals surface area contributed by atoms with E-state index in [4.69, 9.17) is 26.8 Å². The number of nitrogens with one attached hydrogen (secondary N) is 1. The number of ether oxygens (including phenoxy) is 2. The summed E-state index contributed by atoms with van der Waals surface area (Å²) in [6.07, 6.45) is -0.0929. The molecule has 0 spiro atoms. The minimum absolute atomic E-state index is 0.0904. The van der Waals surface area contributed by atoms with E-state index in [1.165, 1.54) is 11.0 Å². The summed E-state index contributed by atoms with van der Waals surface area (Å²) in [6.45, 7) is 4.18. The van der Waals surface area contributed by atoms with Crippen LogP contribution >= 0.6 is 24.0 Å². The summed E-state index contributed by atoms with van der Waals surface area (Å²) in [5.74, 6) is -2.00. The molecule has 3 fully saturated rings. The van der Waals surface area contributed by atoms with Crippen LogP contribution in [0.15, 0.2) is 47.4 Å². The number of benzene rings is 2. The minimum atomic E-state index is -1.13. The second kappa shape index (κ2) is 13.5. The Hall–Kier alpha value is -4.37. The number of carboxylic acid groups (broad SMARTS) is 1. The second-order valence-corrected chi connectivity index (χ2v) is 11.8. The molecule has 3 saturated heterocycles. The first-order valence-electron chi connectivity index (χ1n) is 13.9. The largest absolute Gasteiger partial charge is 0.480 e. The zero-order chi connectivity index (χ0) is 31.4. The van der Waals surface area contributed by atoms with E-state index >= 15 is 4.39 Å². The summed E-state index contributed by atoms with van der Waals surface area (Å²) in [5, 5.41) is 11.5. The Balaban J connectivity index is 1.15. The monoisotopic (exact) mass is 643 g/mol. The quantitative estimate of drug-likeness (QED) is 0.307. The number of aliphatic carboxylic acids is 1. The van der Waals surface area contributed by atoms with E-state index in [0.29, 0.717) is 42.5 Å². The lowest BCUT2D eigenvalue weighted by molar-refractivity contribution is -0.140. The molecule has 2 aromatic rings. The number of hydrogen-bond donors (Lipinski definition) is 2. The highest BCUT2D eigenvalue weighted by Crippen LogP contribution is 2.33. The minimum Gasteiger partial charge on any atom is -0.480 e. The Morgan fingerprint density at radius 2 is 1.80 bits per heavy atom. The van der Waals surface area contributed by atoms with Crippen molar-refractivity contribution in [1.82, 2.24) is 10.2 Å². The maximum absolute atomic E-state index is 15.2. The van der Waals surface area contributed by atoms with Gasteiger partial charge in [0.1, 0.15) is 22.8 Å². The van der Waals surface area contributed by atoms with Gasteiger partial charge in [0.2, 0.25) is 0 Å². The van der Waals surface area contributed by atoms with Gasteiger partial charge in [-0.3, -0.25) is 19.4 Å². The lowest BCUT2D eigenvalue weighted by atomic mass is 10.1. The molecular weight excluding hydrogens is 613 g/mol. The van der Waals surface area contributed by atoms with Gasteiger partial charge in [-0.05, 0) is 48.9 Å². The van der Waals surface area contributed by atoms with Gasteiger partial charge in [0.15, 0.2) is 0 Å². The van der Waals surface area contributed by atoms with Crippen LogP contribution in [-0.2, 0) is 19.1 Å². The van der Waals surface area contributed by atoms with Gasteiger partial charge in [-0.25, -0.2) is 14.0 Å². The van der Waals surface area contributed by atoms with Crippen molar-refractivity contribution < 1.29 is 38.1 Å². The van der Waals surface area contributed by atoms with Crippen molar-refractivity contribution in [2.75, 3.05) is 67.1 Å². The van der Waals surface area contributed by atoms with Crippen molar-refractivity contribution in [2.45, 2.75) is 13.0 Å². The fourth-order valence-corrected chi connectivity index (χ4v) is 6.30. The number of amides is 3. The van der Waals surface area contributed by atoms with Gasteiger partial charge in [-0.2, -0.15) is 0 Å². The maximum atomic E-state index is 15.2. The molecule has 0 radical (unpaired) electrons. The van der Waals surface area contributed by atoms with E-state index in [1.807, 2.05) is 29.2 Å². The van der Waals surface area contributed by atoms with E-state index in [-0.39, 0.29) is 24.0 Å². The van der Waals surface area contributed by atoms with Gasteiger partial charge in [0, 0.05) is 31.9 Å². The molecule has 12 nitrogen and oxygen atoms in total. The van der Waals surface area contributed by atoms with Crippen molar-refractivity contribution in [1.29, 1.82) is 0 Å². The average molecular weight is 644 g/mol. The first-order chi connectivity index (χ1) is 21.1. The number of halogens is 1. The molecule has 3 heterocycles. The van der Waals surface area contributed by atoms with Gasteiger partial charge in [-0.1, -0.05) is 36.1 Å². The smallest absolute Gasteiger partial charge is 0.414 e. The van der Waals surface area contributed by atoms with Gasteiger partial charge >= 0.3 is 18.2 Å². The number of hydrogen-bond acceptors (Lipinski definition) is 10. The Morgan fingerprint density at radius 3 is 2.45 bits per heavy atom. The van der Waals surface area contributed by atoms with E-state index in [2.05, 4.69) is 10.2 Å². The predicted molar refractivity (Wildman–Crippen MR) is 167 cm³/mol. The normalized spacial score (nSPS) is 19.5. The fourth-order valence-electron chi connectivity index (χ4n) is 5.05. The third-order valence-electron chi connectivity index (χ3n) is 7.21. The number of anilines is 3. The Kier molecular flexibility index (Phi) is 9.54. The van der Waals surface area contributed by atoms with Crippen molar-refractivity contribution in [3.63, 3.8) is 0 Å². The third kappa shape index (κ3) is 7.05. The molecule has 0 bridgehead atoms. The molecule has 1 atom stereocenters. The van der Waals surface area contributed by atoms with Crippen molar-refractivity contribution >= 4 is 75.5 Å². The molecule has 0 aromatic heterocycles. The first kappa shape index (κ1) is 31.1. The van der Waals surface area contributed by atoms with E-state index < -0.39 is 42.5 Å². The molecule has 232 valence electrons. The summed E-state index contributed by atoms with van der Waals surface area (Å²) in [4.78, 5) is 54.4. The maximum Gasteiger partial charge on any atom is 0.414 e. The van der Waals surface area contributed by atoms with Crippen LogP contribution < -0.4 is 20.0 Å². The van der Waals surface area contributed by atoms with Crippen LogP contribution in [0.1, 0.15) is 12.5 Å². The molecule has 3 amide bonds. The topological polar surface area (TPSA) is 132 Å². The number of carbonyl (C=O) groups excluding carboxylic acids is 3. The Bertz CT molecular complexity index is 1500. The van der Waals surface area contributed by atoms with Gasteiger partial charge in [0.25, 0.3) is 5.91 Å². The molecule has 5 rings (SSSR count). The zero-order valence-electron chi connectivity index (χ0n) is 23.7. The molecular formula is C29H30FN5O7S2. The van der Waals surface area contributed by atoms with E-state index in [9.17, 15) is 19.2 Å². The molecule has 3 aliphatic heterocycles. The SMILES string of the molecule is CCOC(=O)NC[C@H]1CN(c2ccc(N3CCN(c4ccc(C=C5SC(=S)N(CC(=O)O)C5=O)cc4)CC3)c(F)c2)C(=O)O1. The van der Waals surface area contributed by atoms with Crippen LogP contribution in [0.25, 0.3) is 6.08 Å². The first-order valence-corrected chi connectivity index (χ1v) is 15.1. The zero-order valence-corrected chi connectivity index (χ0v) is 25.4. The van der Waals surface area contributed by atoms with Crippen LogP contribution in [0.5, 0.6) is 0 Å². The number of thioether (sulfide) groups is 1. The summed E-state index contributed by atoms with van der Waals surface area (Å²) in [6, 6.07) is 12.3. The standard InChI is InChI=1S/C29H30FN5O7S2/c1-2-41-27(39)31-15-21-16-34(28(40)42-21)20-7-8-23(22(30)14-20)33-11-9-32(10-12-33)19-5-3-18(4-6-19)13-24-26(38)35(17-25(36)37)29(43)44-24/h3-8,13-14,21H,2,9-12,15-17H2,1H3,(H,31,39)(H,36,37)/t21-/m0/s1. The van der Waals surface area contributed by atoms with Crippen LogP contribution in [0.2, 0.25) is 0 Å². The van der Waals surface area contributed by atoms with Crippen molar-refractivity contribution in [2.24, 2.45) is 0 Å². The summed E-state index contributed by atoms with van der Waals surface area (Å²) < 4.78 is 25.6. The van der Waals surface area contributed by atoms with E-state index in [1.54, 1.807) is 25.1 Å². The molecule has 44 heavy (non-hydrogen) atoms. The lowest BCUT2D eigenvalue weighted by Crippen LogP contribution is -2.46. The number of cyclic esters (lactones) is 1. The van der Waals surface area contributed by atoms with Gasteiger partial charge < -0.3 is 29.7 Å². The number of carbonyl (C=O) groups is 4. The molecule has 0 saturated carbocycles. The molecule has 0 aliphatic carbocycles.